The van der Waals surface area contributed by atoms with Crippen LogP contribution >= 0.6 is 0 Å². The van der Waals surface area contributed by atoms with E-state index in [1.165, 1.54) is 12.8 Å². The van der Waals surface area contributed by atoms with E-state index >= 15 is 0 Å². The monoisotopic (exact) mass is 228 g/mol. The Morgan fingerprint density at radius 2 is 2.12 bits per heavy atom. The van der Waals surface area contributed by atoms with Crippen LogP contribution in [0, 0.1) is 5.92 Å². The Labute approximate surface area is 98.1 Å². The maximum atomic E-state index is 11.6. The Bertz CT molecular complexity index is 215. The molecule has 1 amide bonds. The molecule has 4 nitrogen and oxygen atoms in total. The zero-order valence-corrected chi connectivity index (χ0v) is 10.6. The van der Waals surface area contributed by atoms with Gasteiger partial charge in [0.25, 0.3) is 0 Å². The van der Waals surface area contributed by atoms with Crippen LogP contribution in [0.2, 0.25) is 0 Å². The number of carbonyl (C=O) groups is 1. The van der Waals surface area contributed by atoms with Gasteiger partial charge < -0.3 is 15.4 Å². The van der Waals surface area contributed by atoms with Crippen LogP contribution in [0.1, 0.15) is 33.6 Å². The summed E-state index contributed by atoms with van der Waals surface area (Å²) in [7, 11) is 0. The minimum atomic E-state index is 0.0744. The van der Waals surface area contributed by atoms with Gasteiger partial charge in [-0.3, -0.25) is 4.79 Å². The summed E-state index contributed by atoms with van der Waals surface area (Å²) in [4.78, 5) is 11.6. The zero-order chi connectivity index (χ0) is 12.0. The highest BCUT2D eigenvalue weighted by Crippen LogP contribution is 2.17. The number of hydrogen-bond acceptors (Lipinski definition) is 3. The van der Waals surface area contributed by atoms with Gasteiger partial charge in [-0.1, -0.05) is 13.8 Å². The van der Waals surface area contributed by atoms with E-state index in [1.54, 1.807) is 0 Å². The van der Waals surface area contributed by atoms with Crippen LogP contribution in [-0.4, -0.2) is 37.7 Å². The molecule has 1 atom stereocenters. The van der Waals surface area contributed by atoms with Crippen molar-refractivity contribution in [1.82, 2.24) is 10.6 Å². The Balaban J connectivity index is 2.19. The summed E-state index contributed by atoms with van der Waals surface area (Å²) >= 11 is 0. The average molecular weight is 228 g/mol. The Hall–Kier alpha value is -0.610. The van der Waals surface area contributed by atoms with Gasteiger partial charge in [-0.2, -0.15) is 0 Å². The lowest BCUT2D eigenvalue weighted by atomic mass is 10.1. The molecule has 0 aromatic heterocycles. The first-order valence-corrected chi connectivity index (χ1v) is 6.24. The third-order valence-electron chi connectivity index (χ3n) is 2.78. The normalized spacial score (nSPS) is 17.5. The summed E-state index contributed by atoms with van der Waals surface area (Å²) in [6.45, 7) is 7.88. The van der Waals surface area contributed by atoms with Crippen molar-refractivity contribution in [2.75, 3.05) is 19.8 Å². The predicted octanol–water partition coefficient (Wildman–Crippen LogP) is 0.916. The fourth-order valence-corrected chi connectivity index (χ4v) is 1.43. The van der Waals surface area contributed by atoms with Crippen molar-refractivity contribution >= 4 is 5.91 Å². The van der Waals surface area contributed by atoms with Crippen LogP contribution in [0.4, 0.5) is 0 Å². The summed E-state index contributed by atoms with van der Waals surface area (Å²) in [6, 6.07) is 0.698. The van der Waals surface area contributed by atoms with Gasteiger partial charge in [-0.05, 0) is 25.7 Å². The quantitative estimate of drug-likeness (QED) is 0.649. The maximum Gasteiger partial charge on any atom is 0.234 e. The molecule has 0 bridgehead atoms. The molecule has 0 aromatic carbocycles. The number of nitrogens with one attached hydrogen (secondary N) is 2. The second-order valence-electron chi connectivity index (χ2n) is 4.73. The van der Waals surface area contributed by atoms with Crippen molar-refractivity contribution in [3.63, 3.8) is 0 Å². The first-order valence-electron chi connectivity index (χ1n) is 6.24. The fourth-order valence-electron chi connectivity index (χ4n) is 1.43. The van der Waals surface area contributed by atoms with E-state index in [4.69, 9.17) is 4.74 Å². The van der Waals surface area contributed by atoms with Crippen molar-refractivity contribution in [2.45, 2.75) is 45.7 Å². The lowest BCUT2D eigenvalue weighted by Gasteiger charge is -2.22. The van der Waals surface area contributed by atoms with Crippen LogP contribution in [0.5, 0.6) is 0 Å². The topological polar surface area (TPSA) is 50.4 Å². The van der Waals surface area contributed by atoms with Crippen molar-refractivity contribution < 1.29 is 9.53 Å². The van der Waals surface area contributed by atoms with E-state index in [0.717, 1.165) is 0 Å². The fraction of sp³-hybridized carbons (Fsp3) is 0.917. The van der Waals surface area contributed by atoms with E-state index in [9.17, 15) is 4.79 Å². The van der Waals surface area contributed by atoms with Crippen molar-refractivity contribution in [1.29, 1.82) is 0 Å². The van der Waals surface area contributed by atoms with E-state index < -0.39 is 0 Å². The largest absolute Gasteiger partial charge is 0.380 e. The first-order chi connectivity index (χ1) is 7.63. The van der Waals surface area contributed by atoms with Crippen LogP contribution < -0.4 is 10.6 Å². The maximum absolute atomic E-state index is 11.6. The van der Waals surface area contributed by atoms with Crippen LogP contribution in [-0.2, 0) is 9.53 Å². The van der Waals surface area contributed by atoms with Crippen molar-refractivity contribution in [2.24, 2.45) is 5.92 Å². The minimum absolute atomic E-state index is 0.0744. The van der Waals surface area contributed by atoms with E-state index in [-0.39, 0.29) is 11.9 Å². The zero-order valence-electron chi connectivity index (χ0n) is 10.6. The minimum Gasteiger partial charge on any atom is -0.380 e. The van der Waals surface area contributed by atoms with E-state index in [2.05, 4.69) is 24.5 Å². The third kappa shape index (κ3) is 5.47. The Morgan fingerprint density at radius 3 is 2.62 bits per heavy atom. The Morgan fingerprint density at radius 1 is 1.44 bits per heavy atom. The predicted molar refractivity (Wildman–Crippen MR) is 64.3 cm³/mol. The number of amides is 1. The van der Waals surface area contributed by atoms with Gasteiger partial charge in [0.2, 0.25) is 5.91 Å². The van der Waals surface area contributed by atoms with Crippen LogP contribution in [0.25, 0.3) is 0 Å². The number of carbonyl (C=O) groups excluding carboxylic acids is 1. The highest BCUT2D eigenvalue weighted by Gasteiger charge is 2.22. The van der Waals surface area contributed by atoms with Gasteiger partial charge in [0.15, 0.2) is 0 Å². The summed E-state index contributed by atoms with van der Waals surface area (Å²) in [5.41, 5.74) is 0. The molecule has 1 unspecified atom stereocenters. The van der Waals surface area contributed by atoms with Crippen molar-refractivity contribution in [3.8, 4) is 0 Å². The SMILES string of the molecule is CCOCC(NC(=O)CNC1CC1)C(C)C. The molecule has 2 N–H and O–H groups in total. The van der Waals surface area contributed by atoms with Gasteiger partial charge in [0.05, 0.1) is 19.2 Å². The molecule has 0 radical (unpaired) electrons. The highest BCUT2D eigenvalue weighted by atomic mass is 16.5. The lowest BCUT2D eigenvalue weighted by molar-refractivity contribution is -0.121. The summed E-state index contributed by atoms with van der Waals surface area (Å²) in [5, 5.41) is 6.21. The molecule has 1 aliphatic carbocycles. The second-order valence-corrected chi connectivity index (χ2v) is 4.73. The molecule has 1 aliphatic rings. The van der Waals surface area contributed by atoms with Crippen LogP contribution in [0.15, 0.2) is 0 Å². The highest BCUT2D eigenvalue weighted by molar-refractivity contribution is 5.78. The molecular formula is C12H24N2O2. The molecule has 0 aromatic rings. The van der Waals surface area contributed by atoms with E-state index in [0.29, 0.717) is 31.7 Å². The molecule has 0 aliphatic heterocycles. The van der Waals surface area contributed by atoms with Gasteiger partial charge >= 0.3 is 0 Å². The smallest absolute Gasteiger partial charge is 0.234 e. The molecule has 4 heteroatoms. The van der Waals surface area contributed by atoms with Crippen LogP contribution in [0.3, 0.4) is 0 Å². The number of rotatable bonds is 8. The lowest BCUT2D eigenvalue weighted by Crippen LogP contribution is -2.45. The van der Waals surface area contributed by atoms with Gasteiger partial charge in [0.1, 0.15) is 0 Å². The molecule has 0 spiro atoms. The third-order valence-corrected chi connectivity index (χ3v) is 2.78. The molecule has 0 saturated heterocycles. The molecule has 0 heterocycles. The van der Waals surface area contributed by atoms with Gasteiger partial charge in [0, 0.05) is 12.6 Å². The summed E-state index contributed by atoms with van der Waals surface area (Å²) in [5.74, 6) is 0.474. The molecule has 1 saturated carbocycles. The number of ether oxygens (including phenoxy) is 1. The molecule has 94 valence electrons. The van der Waals surface area contributed by atoms with Gasteiger partial charge in [-0.25, -0.2) is 0 Å². The summed E-state index contributed by atoms with van der Waals surface area (Å²) in [6.07, 6.45) is 2.42. The second kappa shape index (κ2) is 6.86. The molecule has 1 rings (SSSR count). The molecular weight excluding hydrogens is 204 g/mol. The first kappa shape index (κ1) is 13.5. The van der Waals surface area contributed by atoms with Gasteiger partial charge in [-0.15, -0.1) is 0 Å². The standard InChI is InChI=1S/C12H24N2O2/c1-4-16-8-11(9(2)3)14-12(15)7-13-10-5-6-10/h9-11,13H,4-8H2,1-3H3,(H,14,15). The number of hydrogen-bond donors (Lipinski definition) is 2. The molecule has 1 fully saturated rings. The van der Waals surface area contributed by atoms with E-state index in [1.807, 2.05) is 6.92 Å². The molecule has 16 heavy (non-hydrogen) atoms. The van der Waals surface area contributed by atoms with Crippen molar-refractivity contribution in [3.05, 3.63) is 0 Å². The Kier molecular flexibility index (Phi) is 5.77. The average Bonchev–Trinajstić information content (AvgIpc) is 3.04. The summed E-state index contributed by atoms with van der Waals surface area (Å²) < 4.78 is 5.36.